The number of carbonyl (C=O) groups is 2. The van der Waals surface area contributed by atoms with Gasteiger partial charge in [-0.1, -0.05) is 49.1 Å². The highest BCUT2D eigenvalue weighted by molar-refractivity contribution is 6.27. The van der Waals surface area contributed by atoms with Crippen molar-refractivity contribution >= 4 is 11.6 Å². The zero-order valence-corrected chi connectivity index (χ0v) is 9.57. The van der Waals surface area contributed by atoms with Gasteiger partial charge in [0.05, 0.1) is 0 Å². The maximum Gasteiger partial charge on any atom is 0.194 e. The van der Waals surface area contributed by atoms with Crippen molar-refractivity contribution in [3.63, 3.8) is 0 Å². The second-order valence-corrected chi connectivity index (χ2v) is 3.84. The largest absolute Gasteiger partial charge is 0.289 e. The molecule has 0 aliphatic heterocycles. The maximum absolute atomic E-state index is 12.2. The third-order valence-electron chi connectivity index (χ3n) is 2.80. The number of allylic oxidation sites excluding steroid dienone is 5. The monoisotopic (exact) mass is 224 g/mol. The average molecular weight is 224 g/mol. The van der Waals surface area contributed by atoms with Gasteiger partial charge in [0.2, 0.25) is 0 Å². The van der Waals surface area contributed by atoms with E-state index >= 15 is 0 Å². The Labute approximate surface area is 100.0 Å². The van der Waals surface area contributed by atoms with Crippen LogP contribution in [0, 0.1) is 0 Å². The Bertz CT molecular complexity index is 574. The number of Topliss-reactive ketones (excluding diaryl/α,β-unsaturated/α-hetero) is 2. The van der Waals surface area contributed by atoms with Gasteiger partial charge >= 0.3 is 0 Å². The van der Waals surface area contributed by atoms with E-state index in [-0.39, 0.29) is 11.6 Å². The van der Waals surface area contributed by atoms with Gasteiger partial charge in [-0.2, -0.15) is 0 Å². The van der Waals surface area contributed by atoms with Crippen molar-refractivity contribution in [2.75, 3.05) is 0 Å². The lowest BCUT2D eigenvalue weighted by Crippen LogP contribution is -2.19. The first-order valence-electron chi connectivity index (χ1n) is 5.35. The molecule has 0 bridgehead atoms. The summed E-state index contributed by atoms with van der Waals surface area (Å²) in [6, 6.07) is 6.90. The Balaban J connectivity index is 2.62. The fraction of sp³-hybridized carbons (Fsp3) is 0.0667. The molecule has 1 aliphatic rings. The summed E-state index contributed by atoms with van der Waals surface area (Å²) >= 11 is 0. The van der Waals surface area contributed by atoms with Gasteiger partial charge < -0.3 is 0 Å². The van der Waals surface area contributed by atoms with Crippen molar-refractivity contribution in [1.82, 2.24) is 0 Å². The Hall–Kier alpha value is -2.22. The standard InChI is InChI=1S/C15H12O2/c1-3-4-7-11-10(2)14(16)12-8-5-6-9-13(12)15(11)17/h3-9H,1H2,2H3/b7-4-. The molecule has 1 aromatic carbocycles. The predicted molar refractivity (Wildman–Crippen MR) is 67.1 cm³/mol. The highest BCUT2D eigenvalue weighted by Gasteiger charge is 2.27. The van der Waals surface area contributed by atoms with E-state index in [2.05, 4.69) is 6.58 Å². The highest BCUT2D eigenvalue weighted by Crippen LogP contribution is 2.26. The number of benzene rings is 1. The second-order valence-electron chi connectivity index (χ2n) is 3.84. The summed E-state index contributed by atoms with van der Waals surface area (Å²) in [5.41, 5.74) is 1.91. The summed E-state index contributed by atoms with van der Waals surface area (Å²) in [6.07, 6.45) is 4.88. The van der Waals surface area contributed by atoms with Crippen LogP contribution in [0.15, 0.2) is 60.2 Å². The maximum atomic E-state index is 12.2. The van der Waals surface area contributed by atoms with Gasteiger partial charge in [0, 0.05) is 22.3 Å². The topological polar surface area (TPSA) is 34.1 Å². The zero-order valence-electron chi connectivity index (χ0n) is 9.57. The van der Waals surface area contributed by atoms with Crippen molar-refractivity contribution < 1.29 is 9.59 Å². The predicted octanol–water partition coefficient (Wildman–Crippen LogP) is 3.12. The minimum atomic E-state index is -0.101. The minimum absolute atomic E-state index is 0.0797. The SMILES string of the molecule is C=C/C=C\C1=C(C)C(=O)c2ccccc2C1=O. The average Bonchev–Trinajstić information content (AvgIpc) is 2.36. The molecule has 0 saturated heterocycles. The lowest BCUT2D eigenvalue weighted by atomic mass is 9.84. The molecule has 1 aromatic rings. The normalized spacial score (nSPS) is 15.4. The van der Waals surface area contributed by atoms with Crippen LogP contribution in [0.5, 0.6) is 0 Å². The quantitative estimate of drug-likeness (QED) is 0.723. The number of fused-ring (bicyclic) bond motifs is 1. The first kappa shape index (κ1) is 11.3. The van der Waals surface area contributed by atoms with Gasteiger partial charge in [0.1, 0.15) is 0 Å². The van der Waals surface area contributed by atoms with Crippen molar-refractivity contribution in [2.45, 2.75) is 6.92 Å². The van der Waals surface area contributed by atoms with Crippen LogP contribution in [0.4, 0.5) is 0 Å². The number of rotatable bonds is 2. The number of carbonyl (C=O) groups excluding carboxylic acids is 2. The summed E-state index contributed by atoms with van der Waals surface area (Å²) in [4.78, 5) is 24.2. The van der Waals surface area contributed by atoms with Crippen LogP contribution in [-0.4, -0.2) is 11.6 Å². The van der Waals surface area contributed by atoms with E-state index in [9.17, 15) is 9.59 Å². The summed E-state index contributed by atoms with van der Waals surface area (Å²) in [7, 11) is 0. The van der Waals surface area contributed by atoms with E-state index in [1.807, 2.05) is 0 Å². The van der Waals surface area contributed by atoms with Crippen LogP contribution in [0.25, 0.3) is 0 Å². The van der Waals surface area contributed by atoms with Gasteiger partial charge in [-0.25, -0.2) is 0 Å². The van der Waals surface area contributed by atoms with Crippen LogP contribution >= 0.6 is 0 Å². The van der Waals surface area contributed by atoms with Gasteiger partial charge in [0.15, 0.2) is 11.6 Å². The Morgan fingerprint density at radius 2 is 1.65 bits per heavy atom. The fourth-order valence-corrected chi connectivity index (χ4v) is 1.88. The van der Waals surface area contributed by atoms with Crippen molar-refractivity contribution in [3.8, 4) is 0 Å². The lowest BCUT2D eigenvalue weighted by molar-refractivity contribution is 0.0978. The molecular formula is C15H12O2. The van der Waals surface area contributed by atoms with E-state index in [4.69, 9.17) is 0 Å². The molecule has 2 heteroatoms. The highest BCUT2D eigenvalue weighted by atomic mass is 16.1. The summed E-state index contributed by atoms with van der Waals surface area (Å²) in [5.74, 6) is -0.181. The van der Waals surface area contributed by atoms with Crippen molar-refractivity contribution in [2.24, 2.45) is 0 Å². The van der Waals surface area contributed by atoms with Crippen molar-refractivity contribution in [1.29, 1.82) is 0 Å². The minimum Gasteiger partial charge on any atom is -0.289 e. The van der Waals surface area contributed by atoms with E-state index in [1.54, 1.807) is 49.4 Å². The molecule has 2 rings (SSSR count). The molecule has 17 heavy (non-hydrogen) atoms. The number of hydrogen-bond donors (Lipinski definition) is 0. The molecular weight excluding hydrogens is 212 g/mol. The molecule has 84 valence electrons. The Kier molecular flexibility index (Phi) is 2.88. The van der Waals surface area contributed by atoms with E-state index in [0.717, 1.165) is 0 Å². The molecule has 1 aliphatic carbocycles. The molecule has 0 spiro atoms. The van der Waals surface area contributed by atoms with Gasteiger partial charge in [-0.05, 0) is 6.92 Å². The van der Waals surface area contributed by atoms with Crippen LogP contribution < -0.4 is 0 Å². The molecule has 0 aromatic heterocycles. The first-order chi connectivity index (χ1) is 8.16. The van der Waals surface area contributed by atoms with Gasteiger partial charge in [-0.15, -0.1) is 0 Å². The molecule has 0 unspecified atom stereocenters. The number of hydrogen-bond acceptors (Lipinski definition) is 2. The van der Waals surface area contributed by atoms with E-state index in [1.165, 1.54) is 0 Å². The molecule has 0 atom stereocenters. The molecule has 0 amide bonds. The van der Waals surface area contributed by atoms with Crippen LogP contribution in [0.2, 0.25) is 0 Å². The van der Waals surface area contributed by atoms with E-state index in [0.29, 0.717) is 22.3 Å². The van der Waals surface area contributed by atoms with Crippen molar-refractivity contribution in [3.05, 3.63) is 71.3 Å². The molecule has 0 N–H and O–H groups in total. The second kappa shape index (κ2) is 4.34. The smallest absolute Gasteiger partial charge is 0.194 e. The first-order valence-corrected chi connectivity index (χ1v) is 5.35. The fourth-order valence-electron chi connectivity index (χ4n) is 1.88. The lowest BCUT2D eigenvalue weighted by Gasteiger charge is -2.16. The molecule has 0 fully saturated rings. The Morgan fingerprint density at radius 1 is 1.06 bits per heavy atom. The van der Waals surface area contributed by atoms with Crippen LogP contribution in [-0.2, 0) is 0 Å². The molecule has 0 radical (unpaired) electrons. The number of ketones is 2. The third-order valence-corrected chi connectivity index (χ3v) is 2.80. The molecule has 0 saturated carbocycles. The Morgan fingerprint density at radius 3 is 2.24 bits per heavy atom. The van der Waals surface area contributed by atoms with Gasteiger partial charge in [-0.3, -0.25) is 9.59 Å². The summed E-state index contributed by atoms with van der Waals surface area (Å²) < 4.78 is 0. The zero-order chi connectivity index (χ0) is 12.4. The van der Waals surface area contributed by atoms with Crippen LogP contribution in [0.1, 0.15) is 27.6 Å². The van der Waals surface area contributed by atoms with E-state index < -0.39 is 0 Å². The van der Waals surface area contributed by atoms with Crippen LogP contribution in [0.3, 0.4) is 0 Å². The third kappa shape index (κ3) is 1.78. The summed E-state index contributed by atoms with van der Waals surface area (Å²) in [6.45, 7) is 5.23. The van der Waals surface area contributed by atoms with Gasteiger partial charge in [0.25, 0.3) is 0 Å². The molecule has 2 nitrogen and oxygen atoms in total. The summed E-state index contributed by atoms with van der Waals surface area (Å²) in [5, 5.41) is 0. The molecule has 0 heterocycles.